The summed E-state index contributed by atoms with van der Waals surface area (Å²) in [5, 5.41) is 14.1. The average molecular weight is 313 g/mol. The summed E-state index contributed by atoms with van der Waals surface area (Å²) in [6.07, 6.45) is -0.632. The van der Waals surface area contributed by atoms with Crippen molar-refractivity contribution in [3.05, 3.63) is 44.6 Å². The topological polar surface area (TPSA) is 38.7 Å². The van der Waals surface area contributed by atoms with E-state index in [0.717, 1.165) is 15.6 Å². The van der Waals surface area contributed by atoms with Crippen LogP contribution >= 0.6 is 27.3 Å². The Morgan fingerprint density at radius 2 is 2.18 bits per heavy atom. The Morgan fingerprint density at radius 3 is 2.94 bits per heavy atom. The zero-order valence-corrected chi connectivity index (χ0v) is 11.1. The molecule has 2 aromatic rings. The number of hydrogen-bond donors (Lipinski definition) is 1. The van der Waals surface area contributed by atoms with Gasteiger partial charge in [0.25, 0.3) is 0 Å². The van der Waals surface area contributed by atoms with Crippen molar-refractivity contribution in [1.29, 1.82) is 0 Å². The Morgan fingerprint density at radius 1 is 1.29 bits per heavy atom. The first kappa shape index (κ1) is 11.1. The van der Waals surface area contributed by atoms with E-state index < -0.39 is 6.10 Å². The first-order chi connectivity index (χ1) is 8.25. The minimum absolute atomic E-state index is 0.228. The molecule has 0 spiro atoms. The van der Waals surface area contributed by atoms with Gasteiger partial charge in [-0.1, -0.05) is 0 Å². The third-order valence-electron chi connectivity index (χ3n) is 2.62. The zero-order valence-electron chi connectivity index (χ0n) is 8.72. The van der Waals surface area contributed by atoms with Crippen molar-refractivity contribution in [3.8, 4) is 11.5 Å². The number of ether oxygens (including phenoxy) is 2. The number of thiophene rings is 1. The molecule has 0 fully saturated rings. The second-order valence-electron chi connectivity index (χ2n) is 3.70. The van der Waals surface area contributed by atoms with E-state index in [9.17, 15) is 5.11 Å². The molecule has 1 aromatic carbocycles. The van der Waals surface area contributed by atoms with Crippen LogP contribution in [0.3, 0.4) is 0 Å². The van der Waals surface area contributed by atoms with E-state index >= 15 is 0 Å². The molecule has 1 N–H and O–H groups in total. The second kappa shape index (κ2) is 4.33. The van der Waals surface area contributed by atoms with Gasteiger partial charge in [0.2, 0.25) is 6.79 Å². The van der Waals surface area contributed by atoms with Crippen LogP contribution in [0.25, 0.3) is 0 Å². The monoisotopic (exact) mass is 312 g/mol. The van der Waals surface area contributed by atoms with E-state index in [2.05, 4.69) is 15.9 Å². The first-order valence-corrected chi connectivity index (χ1v) is 6.78. The van der Waals surface area contributed by atoms with Gasteiger partial charge in [-0.3, -0.25) is 0 Å². The van der Waals surface area contributed by atoms with Crippen molar-refractivity contribution < 1.29 is 14.6 Å². The highest BCUT2D eigenvalue weighted by Crippen LogP contribution is 2.42. The highest BCUT2D eigenvalue weighted by atomic mass is 79.9. The molecule has 3 nitrogen and oxygen atoms in total. The fraction of sp³-hybridized carbons (Fsp3) is 0.167. The SMILES string of the molecule is OC(c1ccsc1)c1cc(Br)c2c(c1)OCO2. The van der Waals surface area contributed by atoms with E-state index in [1.165, 1.54) is 0 Å². The van der Waals surface area contributed by atoms with Crippen LogP contribution in [0.4, 0.5) is 0 Å². The lowest BCUT2D eigenvalue weighted by Gasteiger charge is -2.11. The lowest BCUT2D eigenvalue weighted by atomic mass is 10.0. The molecule has 0 saturated heterocycles. The number of halogens is 1. The van der Waals surface area contributed by atoms with E-state index in [1.54, 1.807) is 11.3 Å². The standard InChI is InChI=1S/C12H9BrO3S/c13-9-3-8(4-10-12(9)16-6-15-10)11(14)7-1-2-17-5-7/h1-5,11,14H,6H2. The van der Waals surface area contributed by atoms with Gasteiger partial charge in [0.05, 0.1) is 4.47 Å². The van der Waals surface area contributed by atoms with Crippen LogP contribution in [0.2, 0.25) is 0 Å². The number of aliphatic hydroxyl groups excluding tert-OH is 1. The van der Waals surface area contributed by atoms with Crippen molar-refractivity contribution in [2.45, 2.75) is 6.10 Å². The molecule has 1 aliphatic heterocycles. The third kappa shape index (κ3) is 1.94. The van der Waals surface area contributed by atoms with E-state index in [4.69, 9.17) is 9.47 Å². The predicted octanol–water partition coefficient (Wildman–Crippen LogP) is 3.32. The van der Waals surface area contributed by atoms with Crippen LogP contribution < -0.4 is 9.47 Å². The number of hydrogen-bond acceptors (Lipinski definition) is 4. The largest absolute Gasteiger partial charge is 0.454 e. The molecule has 0 aliphatic carbocycles. The zero-order chi connectivity index (χ0) is 11.8. The molecule has 0 amide bonds. The summed E-state index contributed by atoms with van der Waals surface area (Å²) in [7, 11) is 0. The Bertz CT molecular complexity index is 539. The van der Waals surface area contributed by atoms with Gasteiger partial charge in [0.15, 0.2) is 11.5 Å². The molecule has 88 valence electrons. The summed E-state index contributed by atoms with van der Waals surface area (Å²) in [6, 6.07) is 5.58. The highest BCUT2D eigenvalue weighted by Gasteiger charge is 2.21. The van der Waals surface area contributed by atoms with Gasteiger partial charge in [0.1, 0.15) is 6.10 Å². The minimum atomic E-state index is -0.632. The summed E-state index contributed by atoms with van der Waals surface area (Å²) in [4.78, 5) is 0. The first-order valence-electron chi connectivity index (χ1n) is 5.05. The quantitative estimate of drug-likeness (QED) is 0.924. The smallest absolute Gasteiger partial charge is 0.231 e. The van der Waals surface area contributed by atoms with E-state index in [1.807, 2.05) is 29.0 Å². The molecule has 1 unspecified atom stereocenters. The minimum Gasteiger partial charge on any atom is -0.454 e. The fourth-order valence-corrected chi connectivity index (χ4v) is 3.02. The Labute approximate surface area is 111 Å². The number of benzene rings is 1. The molecule has 1 aromatic heterocycles. The Balaban J connectivity index is 2.02. The summed E-state index contributed by atoms with van der Waals surface area (Å²) in [6.45, 7) is 0.228. The lowest BCUT2D eigenvalue weighted by Crippen LogP contribution is -1.98. The van der Waals surface area contributed by atoms with Crippen molar-refractivity contribution in [1.82, 2.24) is 0 Å². The molecule has 1 atom stereocenters. The van der Waals surface area contributed by atoms with Gasteiger partial charge >= 0.3 is 0 Å². The van der Waals surface area contributed by atoms with Crippen molar-refractivity contribution in [2.75, 3.05) is 6.79 Å². The normalized spacial score (nSPS) is 14.9. The highest BCUT2D eigenvalue weighted by molar-refractivity contribution is 9.10. The fourth-order valence-electron chi connectivity index (χ4n) is 1.77. The van der Waals surface area contributed by atoms with Crippen LogP contribution in [0.15, 0.2) is 33.4 Å². The van der Waals surface area contributed by atoms with Crippen molar-refractivity contribution in [3.63, 3.8) is 0 Å². The van der Waals surface area contributed by atoms with Crippen molar-refractivity contribution >= 4 is 27.3 Å². The van der Waals surface area contributed by atoms with Crippen LogP contribution in [-0.2, 0) is 0 Å². The summed E-state index contributed by atoms with van der Waals surface area (Å²) in [5.74, 6) is 1.37. The molecule has 17 heavy (non-hydrogen) atoms. The van der Waals surface area contributed by atoms with E-state index in [0.29, 0.717) is 11.5 Å². The van der Waals surface area contributed by atoms with Gasteiger partial charge in [-0.25, -0.2) is 0 Å². The Hall–Kier alpha value is -1.04. The molecule has 5 heteroatoms. The van der Waals surface area contributed by atoms with Crippen LogP contribution in [-0.4, -0.2) is 11.9 Å². The van der Waals surface area contributed by atoms with Crippen LogP contribution in [0.1, 0.15) is 17.2 Å². The maximum Gasteiger partial charge on any atom is 0.231 e. The summed E-state index contributed by atoms with van der Waals surface area (Å²) < 4.78 is 11.4. The van der Waals surface area contributed by atoms with E-state index in [-0.39, 0.29) is 6.79 Å². The maximum absolute atomic E-state index is 10.2. The Kier molecular flexibility index (Phi) is 2.82. The van der Waals surface area contributed by atoms with Gasteiger partial charge in [-0.15, -0.1) is 0 Å². The second-order valence-corrected chi connectivity index (χ2v) is 5.33. The maximum atomic E-state index is 10.2. The summed E-state index contributed by atoms with van der Waals surface area (Å²) >= 11 is 4.98. The molecule has 2 heterocycles. The van der Waals surface area contributed by atoms with Crippen LogP contribution in [0, 0.1) is 0 Å². The molecule has 0 bridgehead atoms. The number of fused-ring (bicyclic) bond motifs is 1. The van der Waals surface area contributed by atoms with Gasteiger partial charge in [-0.05, 0) is 56.0 Å². The summed E-state index contributed by atoms with van der Waals surface area (Å²) in [5.41, 5.74) is 1.68. The van der Waals surface area contributed by atoms with Gasteiger partial charge < -0.3 is 14.6 Å². The number of aliphatic hydroxyl groups is 1. The van der Waals surface area contributed by atoms with Crippen molar-refractivity contribution in [2.24, 2.45) is 0 Å². The third-order valence-corrected chi connectivity index (χ3v) is 3.91. The molecule has 0 radical (unpaired) electrons. The van der Waals surface area contributed by atoms with Crippen LogP contribution in [0.5, 0.6) is 11.5 Å². The predicted molar refractivity (Wildman–Crippen MR) is 68.6 cm³/mol. The molecule has 1 aliphatic rings. The number of rotatable bonds is 2. The molecule has 0 saturated carbocycles. The molecule has 3 rings (SSSR count). The van der Waals surface area contributed by atoms with Gasteiger partial charge in [-0.2, -0.15) is 11.3 Å². The van der Waals surface area contributed by atoms with Gasteiger partial charge in [0, 0.05) is 0 Å². The average Bonchev–Trinajstić information content (AvgIpc) is 2.98. The molecular formula is C12H9BrO3S. The lowest BCUT2D eigenvalue weighted by molar-refractivity contribution is 0.173. The molecular weight excluding hydrogens is 304 g/mol.